The van der Waals surface area contributed by atoms with Crippen molar-refractivity contribution in [3.8, 4) is 0 Å². The molecule has 1 aliphatic carbocycles. The molecule has 3 heteroatoms. The summed E-state index contributed by atoms with van der Waals surface area (Å²) < 4.78 is 11.6. The Kier molecular flexibility index (Phi) is 6.61. The van der Waals surface area contributed by atoms with Crippen LogP contribution in [0, 0.1) is 11.3 Å². The Hall–Kier alpha value is -0.120. The maximum atomic E-state index is 6.02. The van der Waals surface area contributed by atoms with E-state index in [4.69, 9.17) is 9.47 Å². The molecule has 1 rings (SSSR count). The van der Waals surface area contributed by atoms with Crippen LogP contribution in [0.2, 0.25) is 0 Å². The lowest BCUT2D eigenvalue weighted by molar-refractivity contribution is -0.0560. The van der Waals surface area contributed by atoms with Gasteiger partial charge in [0.1, 0.15) is 0 Å². The fourth-order valence-corrected chi connectivity index (χ4v) is 2.92. The van der Waals surface area contributed by atoms with E-state index in [9.17, 15) is 0 Å². The van der Waals surface area contributed by atoms with Crippen molar-refractivity contribution in [3.63, 3.8) is 0 Å². The first-order valence-electron chi connectivity index (χ1n) is 7.34. The lowest BCUT2D eigenvalue weighted by atomic mass is 9.72. The van der Waals surface area contributed by atoms with E-state index in [1.54, 1.807) is 0 Å². The van der Waals surface area contributed by atoms with Crippen LogP contribution in [0.15, 0.2) is 0 Å². The Bertz CT molecular complexity index is 229. The summed E-state index contributed by atoms with van der Waals surface area (Å²) in [5, 5.41) is 3.44. The minimum absolute atomic E-state index is 0.330. The van der Waals surface area contributed by atoms with E-state index in [2.05, 4.69) is 33.0 Å². The Morgan fingerprint density at radius 1 is 1.28 bits per heavy atom. The van der Waals surface area contributed by atoms with E-state index in [1.165, 1.54) is 19.3 Å². The largest absolute Gasteiger partial charge is 0.379 e. The highest BCUT2D eigenvalue weighted by Gasteiger charge is 2.38. The van der Waals surface area contributed by atoms with Gasteiger partial charge in [0.2, 0.25) is 0 Å². The standard InChI is InChI=1S/C15H31NO2/c1-12(2)11-17-9-10-18-13-7-6-8-15(3,4)14(13)16-5/h12-14,16H,6-11H2,1-5H3. The summed E-state index contributed by atoms with van der Waals surface area (Å²) in [5.74, 6) is 0.601. The lowest BCUT2D eigenvalue weighted by Crippen LogP contribution is -2.52. The summed E-state index contributed by atoms with van der Waals surface area (Å²) in [6.45, 7) is 11.3. The number of ether oxygens (including phenoxy) is 2. The molecule has 0 amide bonds. The maximum absolute atomic E-state index is 6.02. The van der Waals surface area contributed by atoms with E-state index in [0.29, 0.717) is 36.7 Å². The molecule has 2 atom stereocenters. The van der Waals surface area contributed by atoms with Gasteiger partial charge in [-0.3, -0.25) is 0 Å². The second-order valence-electron chi connectivity index (χ2n) is 6.53. The zero-order chi connectivity index (χ0) is 13.6. The van der Waals surface area contributed by atoms with Crippen molar-refractivity contribution in [1.82, 2.24) is 5.32 Å². The van der Waals surface area contributed by atoms with Gasteiger partial charge < -0.3 is 14.8 Å². The van der Waals surface area contributed by atoms with Crippen molar-refractivity contribution in [2.45, 2.75) is 59.1 Å². The minimum Gasteiger partial charge on any atom is -0.379 e. The third-order valence-electron chi connectivity index (χ3n) is 3.85. The molecular weight excluding hydrogens is 226 g/mol. The molecule has 18 heavy (non-hydrogen) atoms. The lowest BCUT2D eigenvalue weighted by Gasteiger charge is -2.43. The van der Waals surface area contributed by atoms with Crippen molar-refractivity contribution in [2.24, 2.45) is 11.3 Å². The molecule has 0 aliphatic heterocycles. The molecule has 1 saturated carbocycles. The third-order valence-corrected chi connectivity index (χ3v) is 3.85. The molecule has 0 spiro atoms. The van der Waals surface area contributed by atoms with Crippen LogP contribution in [0.1, 0.15) is 47.0 Å². The topological polar surface area (TPSA) is 30.5 Å². The molecule has 108 valence electrons. The minimum atomic E-state index is 0.330. The third kappa shape index (κ3) is 4.87. The van der Waals surface area contributed by atoms with Gasteiger partial charge in [0.25, 0.3) is 0 Å². The first kappa shape index (κ1) is 15.9. The first-order valence-corrected chi connectivity index (χ1v) is 7.34. The van der Waals surface area contributed by atoms with Crippen molar-refractivity contribution >= 4 is 0 Å². The molecule has 0 aromatic carbocycles. The van der Waals surface area contributed by atoms with Gasteiger partial charge in [-0.15, -0.1) is 0 Å². The van der Waals surface area contributed by atoms with E-state index in [-0.39, 0.29) is 0 Å². The van der Waals surface area contributed by atoms with Gasteiger partial charge in [0.05, 0.1) is 19.3 Å². The van der Waals surface area contributed by atoms with Crippen LogP contribution in [0.5, 0.6) is 0 Å². The van der Waals surface area contributed by atoms with Crippen LogP contribution in [0.4, 0.5) is 0 Å². The van der Waals surface area contributed by atoms with Gasteiger partial charge in [-0.25, -0.2) is 0 Å². The second kappa shape index (κ2) is 7.46. The van der Waals surface area contributed by atoms with E-state index >= 15 is 0 Å². The normalized spacial score (nSPS) is 27.7. The summed E-state index contributed by atoms with van der Waals surface area (Å²) in [5.41, 5.74) is 0.330. The molecule has 0 heterocycles. The summed E-state index contributed by atoms with van der Waals surface area (Å²) >= 11 is 0. The van der Waals surface area contributed by atoms with Gasteiger partial charge in [-0.1, -0.05) is 34.1 Å². The summed E-state index contributed by atoms with van der Waals surface area (Å²) in [4.78, 5) is 0. The Labute approximate surface area is 113 Å². The fraction of sp³-hybridized carbons (Fsp3) is 1.00. The molecule has 3 nitrogen and oxygen atoms in total. The highest BCUT2D eigenvalue weighted by atomic mass is 16.5. The molecule has 1 N–H and O–H groups in total. The predicted octanol–water partition coefficient (Wildman–Crippen LogP) is 2.84. The average Bonchev–Trinajstić information content (AvgIpc) is 2.27. The highest BCUT2D eigenvalue weighted by molar-refractivity contribution is 4.93. The van der Waals surface area contributed by atoms with Crippen LogP contribution in [-0.4, -0.2) is 39.0 Å². The Morgan fingerprint density at radius 3 is 2.61 bits per heavy atom. The highest BCUT2D eigenvalue weighted by Crippen LogP contribution is 2.36. The fourth-order valence-electron chi connectivity index (χ4n) is 2.92. The number of hydrogen-bond donors (Lipinski definition) is 1. The van der Waals surface area contributed by atoms with Gasteiger partial charge in [0, 0.05) is 12.6 Å². The Morgan fingerprint density at radius 2 is 2.00 bits per heavy atom. The van der Waals surface area contributed by atoms with Crippen LogP contribution >= 0.6 is 0 Å². The van der Waals surface area contributed by atoms with Crippen LogP contribution in [0.25, 0.3) is 0 Å². The second-order valence-corrected chi connectivity index (χ2v) is 6.53. The SMILES string of the molecule is CNC1C(OCCOCC(C)C)CCCC1(C)C. The van der Waals surface area contributed by atoms with Crippen LogP contribution < -0.4 is 5.32 Å². The number of rotatable bonds is 7. The molecule has 0 aromatic rings. The maximum Gasteiger partial charge on any atom is 0.0734 e. The van der Waals surface area contributed by atoms with Crippen LogP contribution in [-0.2, 0) is 9.47 Å². The number of likely N-dealkylation sites (N-methyl/N-ethyl adjacent to an activating group) is 1. The van der Waals surface area contributed by atoms with Gasteiger partial charge in [0.15, 0.2) is 0 Å². The molecular formula is C15H31NO2. The van der Waals surface area contributed by atoms with Crippen LogP contribution in [0.3, 0.4) is 0 Å². The van der Waals surface area contributed by atoms with Crippen molar-refractivity contribution in [3.05, 3.63) is 0 Å². The number of nitrogens with one attached hydrogen (secondary N) is 1. The van der Waals surface area contributed by atoms with E-state index < -0.39 is 0 Å². The van der Waals surface area contributed by atoms with E-state index in [1.807, 2.05) is 7.05 Å². The van der Waals surface area contributed by atoms with Crippen molar-refractivity contribution in [1.29, 1.82) is 0 Å². The molecule has 2 unspecified atom stereocenters. The Balaban J connectivity index is 2.27. The predicted molar refractivity (Wildman–Crippen MR) is 75.9 cm³/mol. The van der Waals surface area contributed by atoms with Gasteiger partial charge >= 0.3 is 0 Å². The number of hydrogen-bond acceptors (Lipinski definition) is 3. The quantitative estimate of drug-likeness (QED) is 0.711. The zero-order valence-corrected chi connectivity index (χ0v) is 12.8. The molecule has 1 aliphatic rings. The molecule has 0 bridgehead atoms. The smallest absolute Gasteiger partial charge is 0.0734 e. The molecule has 0 saturated heterocycles. The van der Waals surface area contributed by atoms with E-state index in [0.717, 1.165) is 6.61 Å². The van der Waals surface area contributed by atoms with Gasteiger partial charge in [-0.2, -0.15) is 0 Å². The monoisotopic (exact) mass is 257 g/mol. The summed E-state index contributed by atoms with van der Waals surface area (Å²) in [6.07, 6.45) is 4.05. The van der Waals surface area contributed by atoms with Crippen molar-refractivity contribution < 1.29 is 9.47 Å². The summed E-state index contributed by atoms with van der Waals surface area (Å²) in [6, 6.07) is 0.455. The first-order chi connectivity index (χ1) is 8.47. The zero-order valence-electron chi connectivity index (χ0n) is 12.8. The van der Waals surface area contributed by atoms with Gasteiger partial charge in [-0.05, 0) is 31.2 Å². The molecule has 0 radical (unpaired) electrons. The van der Waals surface area contributed by atoms with Crippen molar-refractivity contribution in [2.75, 3.05) is 26.9 Å². The average molecular weight is 257 g/mol. The molecule has 1 fully saturated rings. The molecule has 0 aromatic heterocycles. The summed E-state index contributed by atoms with van der Waals surface area (Å²) in [7, 11) is 2.04.